The zero-order valence-corrected chi connectivity index (χ0v) is 15.8. The topological polar surface area (TPSA) is 83.7 Å². The molecule has 1 fully saturated rings. The molecule has 0 bridgehead atoms. The van der Waals surface area contributed by atoms with Gasteiger partial charge in [0.05, 0.1) is 4.90 Å². The molecule has 6 nitrogen and oxygen atoms in total. The summed E-state index contributed by atoms with van der Waals surface area (Å²) in [6, 6.07) is 12.8. The van der Waals surface area contributed by atoms with Crippen LogP contribution in [-0.2, 0) is 10.0 Å². The van der Waals surface area contributed by atoms with Crippen LogP contribution in [0.4, 0.5) is 5.69 Å². The van der Waals surface area contributed by atoms with Crippen LogP contribution in [0.5, 0.6) is 0 Å². The molecule has 2 aromatic carbocycles. The molecule has 1 aliphatic heterocycles. The number of anilines is 1. The number of piperazine rings is 1. The van der Waals surface area contributed by atoms with E-state index in [1.54, 1.807) is 17.9 Å². The average molecular weight is 373 g/mol. The van der Waals surface area contributed by atoms with E-state index in [1.807, 2.05) is 6.07 Å². The Hall–Kier alpha value is -2.38. The number of amides is 1. The maximum Gasteiger partial charge on any atom is 0.254 e. The maximum atomic E-state index is 12.8. The van der Waals surface area contributed by atoms with Crippen LogP contribution in [0.3, 0.4) is 0 Å². The van der Waals surface area contributed by atoms with E-state index >= 15 is 0 Å². The van der Waals surface area contributed by atoms with Crippen molar-refractivity contribution in [3.63, 3.8) is 0 Å². The van der Waals surface area contributed by atoms with Crippen molar-refractivity contribution in [3.8, 4) is 0 Å². The Labute approximate surface area is 154 Å². The van der Waals surface area contributed by atoms with Gasteiger partial charge < -0.3 is 9.80 Å². The Morgan fingerprint density at radius 1 is 0.962 bits per heavy atom. The Kier molecular flexibility index (Phi) is 5.02. The Balaban J connectivity index is 1.74. The van der Waals surface area contributed by atoms with Crippen LogP contribution < -0.4 is 10.0 Å². The molecule has 0 aliphatic carbocycles. The van der Waals surface area contributed by atoms with Crippen LogP contribution in [0.25, 0.3) is 0 Å². The van der Waals surface area contributed by atoms with Gasteiger partial charge in [-0.15, -0.1) is 0 Å². The van der Waals surface area contributed by atoms with Gasteiger partial charge >= 0.3 is 0 Å². The van der Waals surface area contributed by atoms with Crippen LogP contribution in [0.1, 0.15) is 21.5 Å². The van der Waals surface area contributed by atoms with Crippen LogP contribution in [0.2, 0.25) is 0 Å². The zero-order chi connectivity index (χ0) is 18.9. The molecule has 1 heterocycles. The summed E-state index contributed by atoms with van der Waals surface area (Å²) in [5.41, 5.74) is 3.41. The molecule has 1 aliphatic rings. The molecule has 1 saturated heterocycles. The standard InChI is InChI=1S/C19H23N3O3S/c1-14-4-3-5-17(11-14)21-6-8-22(9-7-21)19(23)16-10-15(2)12-18(13-16)26(20,24)25/h3-5,10-13H,6-9H2,1-2H3,(H2,20,24,25). The fourth-order valence-electron chi connectivity index (χ4n) is 3.21. The first kappa shape index (κ1) is 18.4. The third-order valence-corrected chi connectivity index (χ3v) is 5.45. The van der Waals surface area contributed by atoms with E-state index in [4.69, 9.17) is 5.14 Å². The predicted octanol–water partition coefficient (Wildman–Crippen LogP) is 1.91. The average Bonchev–Trinajstić information content (AvgIpc) is 2.60. The number of nitrogens with zero attached hydrogens (tertiary/aromatic N) is 2. The van der Waals surface area contributed by atoms with Crippen LogP contribution >= 0.6 is 0 Å². The predicted molar refractivity (Wildman–Crippen MR) is 102 cm³/mol. The summed E-state index contributed by atoms with van der Waals surface area (Å²) in [5.74, 6) is -0.164. The lowest BCUT2D eigenvalue weighted by Gasteiger charge is -2.36. The number of carbonyl (C=O) groups is 1. The highest BCUT2D eigenvalue weighted by Crippen LogP contribution is 2.20. The summed E-state index contributed by atoms with van der Waals surface area (Å²) in [7, 11) is -3.84. The molecule has 26 heavy (non-hydrogen) atoms. The van der Waals surface area contributed by atoms with Crippen molar-refractivity contribution < 1.29 is 13.2 Å². The van der Waals surface area contributed by atoms with Gasteiger partial charge in [0, 0.05) is 37.4 Å². The molecular formula is C19H23N3O3S. The number of hydrogen-bond acceptors (Lipinski definition) is 4. The van der Waals surface area contributed by atoms with E-state index in [9.17, 15) is 13.2 Å². The first-order chi connectivity index (χ1) is 12.2. The van der Waals surface area contributed by atoms with Crippen molar-refractivity contribution in [2.75, 3.05) is 31.1 Å². The van der Waals surface area contributed by atoms with Crippen LogP contribution in [0.15, 0.2) is 47.4 Å². The van der Waals surface area contributed by atoms with Gasteiger partial charge in [0.2, 0.25) is 10.0 Å². The van der Waals surface area contributed by atoms with E-state index in [-0.39, 0.29) is 10.8 Å². The Morgan fingerprint density at radius 2 is 1.65 bits per heavy atom. The molecule has 138 valence electrons. The summed E-state index contributed by atoms with van der Waals surface area (Å²) in [6.45, 7) is 6.47. The maximum absolute atomic E-state index is 12.8. The fraction of sp³-hybridized carbons (Fsp3) is 0.316. The van der Waals surface area contributed by atoms with Crippen LogP contribution in [-0.4, -0.2) is 45.4 Å². The summed E-state index contributed by atoms with van der Waals surface area (Å²) < 4.78 is 23.2. The van der Waals surface area contributed by atoms with Gasteiger partial charge in [-0.05, 0) is 55.3 Å². The molecule has 7 heteroatoms. The molecule has 2 N–H and O–H groups in total. The van der Waals surface area contributed by atoms with Gasteiger partial charge in [-0.3, -0.25) is 4.79 Å². The normalized spacial score (nSPS) is 15.2. The minimum absolute atomic E-state index is 0.0285. The molecule has 0 unspecified atom stereocenters. The second-order valence-corrected chi connectivity index (χ2v) is 8.26. The van der Waals surface area contributed by atoms with E-state index < -0.39 is 10.0 Å². The van der Waals surface area contributed by atoms with E-state index in [1.165, 1.54) is 17.7 Å². The number of rotatable bonds is 3. The molecule has 2 aromatic rings. The second-order valence-electron chi connectivity index (χ2n) is 6.70. The summed E-state index contributed by atoms with van der Waals surface area (Å²) in [4.78, 5) is 16.8. The quantitative estimate of drug-likeness (QED) is 0.891. The third-order valence-electron chi connectivity index (χ3n) is 4.56. The molecule has 1 amide bonds. The number of aryl methyl sites for hydroxylation is 2. The van der Waals surface area contributed by atoms with Gasteiger partial charge in [0.25, 0.3) is 5.91 Å². The van der Waals surface area contributed by atoms with Crippen molar-refractivity contribution in [1.82, 2.24) is 4.90 Å². The van der Waals surface area contributed by atoms with Crippen molar-refractivity contribution in [3.05, 3.63) is 59.2 Å². The largest absolute Gasteiger partial charge is 0.368 e. The van der Waals surface area contributed by atoms with Crippen LogP contribution in [0, 0.1) is 13.8 Å². The van der Waals surface area contributed by atoms with Gasteiger partial charge in [-0.1, -0.05) is 12.1 Å². The third kappa shape index (κ3) is 4.05. The van der Waals surface area contributed by atoms with Crippen molar-refractivity contribution >= 4 is 21.6 Å². The number of benzene rings is 2. The van der Waals surface area contributed by atoms with Gasteiger partial charge in [0.15, 0.2) is 0 Å². The van der Waals surface area contributed by atoms with E-state index in [2.05, 4.69) is 30.0 Å². The first-order valence-electron chi connectivity index (χ1n) is 8.49. The minimum atomic E-state index is -3.84. The van der Waals surface area contributed by atoms with E-state index in [0.29, 0.717) is 24.2 Å². The lowest BCUT2D eigenvalue weighted by atomic mass is 10.1. The van der Waals surface area contributed by atoms with Crippen molar-refractivity contribution in [2.45, 2.75) is 18.7 Å². The molecular weight excluding hydrogens is 350 g/mol. The van der Waals surface area contributed by atoms with Gasteiger partial charge in [-0.25, -0.2) is 13.6 Å². The first-order valence-corrected chi connectivity index (χ1v) is 10.0. The number of sulfonamides is 1. The highest BCUT2D eigenvalue weighted by molar-refractivity contribution is 7.89. The summed E-state index contributed by atoms with van der Waals surface area (Å²) >= 11 is 0. The number of nitrogens with two attached hydrogens (primary N) is 1. The molecule has 0 aromatic heterocycles. The SMILES string of the molecule is Cc1cccc(N2CCN(C(=O)c3cc(C)cc(S(N)(=O)=O)c3)CC2)c1. The van der Waals surface area contributed by atoms with Crippen molar-refractivity contribution in [1.29, 1.82) is 0 Å². The lowest BCUT2D eigenvalue weighted by molar-refractivity contribution is 0.0746. The zero-order valence-electron chi connectivity index (χ0n) is 15.0. The molecule has 0 saturated carbocycles. The molecule has 0 spiro atoms. The number of hydrogen-bond donors (Lipinski definition) is 1. The lowest BCUT2D eigenvalue weighted by Crippen LogP contribution is -2.48. The highest BCUT2D eigenvalue weighted by Gasteiger charge is 2.23. The van der Waals surface area contributed by atoms with Gasteiger partial charge in [0.1, 0.15) is 0 Å². The van der Waals surface area contributed by atoms with E-state index in [0.717, 1.165) is 18.8 Å². The fourth-order valence-corrected chi connectivity index (χ4v) is 3.85. The Morgan fingerprint density at radius 3 is 2.27 bits per heavy atom. The molecule has 0 radical (unpaired) electrons. The molecule has 0 atom stereocenters. The smallest absolute Gasteiger partial charge is 0.254 e. The number of primary sulfonamides is 1. The second kappa shape index (κ2) is 7.09. The minimum Gasteiger partial charge on any atom is -0.368 e. The molecule has 3 rings (SSSR count). The number of carbonyl (C=O) groups excluding carboxylic acids is 1. The van der Waals surface area contributed by atoms with Crippen molar-refractivity contribution in [2.24, 2.45) is 5.14 Å². The Bertz CT molecular complexity index is 933. The van der Waals surface area contributed by atoms with Gasteiger partial charge in [-0.2, -0.15) is 0 Å². The summed E-state index contributed by atoms with van der Waals surface area (Å²) in [5, 5.41) is 5.21. The highest BCUT2D eigenvalue weighted by atomic mass is 32.2. The monoisotopic (exact) mass is 373 g/mol. The summed E-state index contributed by atoms with van der Waals surface area (Å²) in [6.07, 6.45) is 0.